The Labute approximate surface area is 152 Å². The van der Waals surface area contributed by atoms with Crippen molar-refractivity contribution in [2.45, 2.75) is 44.7 Å². The number of hydrogen-bond acceptors (Lipinski definition) is 5. The minimum absolute atomic E-state index is 0.0395. The van der Waals surface area contributed by atoms with Crippen molar-refractivity contribution in [2.24, 2.45) is 9.98 Å². The van der Waals surface area contributed by atoms with Gasteiger partial charge in [0.25, 0.3) is 0 Å². The van der Waals surface area contributed by atoms with Crippen molar-refractivity contribution in [3.05, 3.63) is 47.5 Å². The third kappa shape index (κ3) is 3.07. The minimum atomic E-state index is -1.16. The molecule has 2 aliphatic heterocycles. The zero-order valence-corrected chi connectivity index (χ0v) is 15.2. The lowest BCUT2D eigenvalue weighted by atomic mass is 10.1. The van der Waals surface area contributed by atoms with Crippen LogP contribution >= 0.6 is 0 Å². The first-order chi connectivity index (χ1) is 12.5. The van der Waals surface area contributed by atoms with Crippen molar-refractivity contribution in [3.63, 3.8) is 0 Å². The summed E-state index contributed by atoms with van der Waals surface area (Å²) < 4.78 is 16.9. The van der Waals surface area contributed by atoms with E-state index in [1.165, 1.54) is 0 Å². The molecule has 4 rings (SSSR count). The average molecular weight is 354 g/mol. The van der Waals surface area contributed by atoms with E-state index in [2.05, 4.69) is 20.1 Å². The normalized spacial score (nSPS) is 26.6. The highest BCUT2D eigenvalue weighted by Crippen LogP contribution is 2.25. The Hall–Kier alpha value is -2.41. The number of fused-ring (bicyclic) bond motifs is 1. The Bertz CT molecular complexity index is 813. The molecule has 2 aromatic rings. The number of rotatable bonds is 4. The first-order valence-electron chi connectivity index (χ1n) is 8.98. The van der Waals surface area contributed by atoms with E-state index in [0.29, 0.717) is 12.4 Å². The number of likely N-dealkylation sites (N-methyl/N-ethyl adjacent to an activating group) is 1. The molecule has 2 aliphatic rings. The molecule has 26 heavy (non-hydrogen) atoms. The van der Waals surface area contributed by atoms with E-state index >= 15 is 4.39 Å². The van der Waals surface area contributed by atoms with Crippen LogP contribution in [0.15, 0.2) is 40.3 Å². The smallest absolute Gasteiger partial charge is 0.154 e. The highest BCUT2D eigenvalue weighted by Gasteiger charge is 2.33. The predicted molar refractivity (Wildman–Crippen MR) is 99.6 cm³/mol. The fourth-order valence-corrected chi connectivity index (χ4v) is 3.50. The van der Waals surface area contributed by atoms with Gasteiger partial charge in [0.05, 0.1) is 11.8 Å². The second kappa shape index (κ2) is 6.72. The third-order valence-corrected chi connectivity index (χ3v) is 4.93. The van der Waals surface area contributed by atoms with E-state index in [4.69, 9.17) is 0 Å². The van der Waals surface area contributed by atoms with Gasteiger partial charge in [0.1, 0.15) is 18.4 Å². The van der Waals surface area contributed by atoms with E-state index in [1.54, 1.807) is 0 Å². The van der Waals surface area contributed by atoms with Crippen molar-refractivity contribution in [3.8, 4) is 0 Å². The van der Waals surface area contributed by atoms with Gasteiger partial charge in [-0.1, -0.05) is 30.3 Å². The van der Waals surface area contributed by atoms with Crippen LogP contribution in [0.1, 0.15) is 43.1 Å². The average Bonchev–Trinajstić information content (AvgIpc) is 3.23. The second-order valence-electron chi connectivity index (χ2n) is 7.04. The van der Waals surface area contributed by atoms with E-state index in [0.717, 1.165) is 17.1 Å². The van der Waals surface area contributed by atoms with Crippen LogP contribution < -0.4 is 0 Å². The molecule has 0 aliphatic carbocycles. The van der Waals surface area contributed by atoms with Gasteiger partial charge < -0.3 is 0 Å². The number of nitrogens with zero attached hydrogens (tertiary/aromatic N) is 6. The van der Waals surface area contributed by atoms with Gasteiger partial charge in [-0.25, -0.2) is 14.1 Å². The molecule has 1 aromatic heterocycles. The molecule has 4 unspecified atom stereocenters. The van der Waals surface area contributed by atoms with E-state index < -0.39 is 12.3 Å². The highest BCUT2D eigenvalue weighted by molar-refractivity contribution is 6.03. The fourth-order valence-electron chi connectivity index (χ4n) is 3.50. The van der Waals surface area contributed by atoms with Gasteiger partial charge in [-0.05, 0) is 26.5 Å². The Morgan fingerprint density at radius 1 is 1.23 bits per heavy atom. The SMILES string of the molecule is CC1N=CC(C)n2nc(CC(F)C3N=C(c4ccccc4)CN3C)nc21. The molecule has 7 heteroatoms. The van der Waals surface area contributed by atoms with Gasteiger partial charge in [0.15, 0.2) is 11.6 Å². The van der Waals surface area contributed by atoms with Gasteiger partial charge >= 0.3 is 0 Å². The van der Waals surface area contributed by atoms with Crippen LogP contribution in [0, 0.1) is 0 Å². The highest BCUT2D eigenvalue weighted by atomic mass is 19.1. The molecule has 0 spiro atoms. The quantitative estimate of drug-likeness (QED) is 0.848. The van der Waals surface area contributed by atoms with E-state index in [-0.39, 0.29) is 18.5 Å². The molecule has 0 saturated heterocycles. The van der Waals surface area contributed by atoms with Gasteiger partial charge in [-0.3, -0.25) is 14.9 Å². The Balaban J connectivity index is 1.51. The molecule has 0 N–H and O–H groups in total. The fraction of sp³-hybridized carbons (Fsp3) is 0.474. The first-order valence-corrected chi connectivity index (χ1v) is 8.98. The molecule has 136 valence electrons. The van der Waals surface area contributed by atoms with Gasteiger partial charge in [-0.2, -0.15) is 5.10 Å². The van der Waals surface area contributed by atoms with Crippen molar-refractivity contribution in [2.75, 3.05) is 13.6 Å². The summed E-state index contributed by atoms with van der Waals surface area (Å²) in [5, 5.41) is 4.50. The van der Waals surface area contributed by atoms with Crippen LogP contribution in [0.2, 0.25) is 0 Å². The van der Waals surface area contributed by atoms with Crippen molar-refractivity contribution in [1.82, 2.24) is 19.7 Å². The predicted octanol–water partition coefficient (Wildman–Crippen LogP) is 2.63. The van der Waals surface area contributed by atoms with Crippen LogP contribution in [-0.4, -0.2) is 57.5 Å². The lowest BCUT2D eigenvalue weighted by molar-refractivity contribution is 0.166. The maximum Gasteiger partial charge on any atom is 0.154 e. The Kier molecular flexibility index (Phi) is 4.40. The summed E-state index contributed by atoms with van der Waals surface area (Å²) >= 11 is 0. The Morgan fingerprint density at radius 3 is 2.73 bits per heavy atom. The van der Waals surface area contributed by atoms with Crippen LogP contribution in [0.4, 0.5) is 4.39 Å². The molecule has 0 fully saturated rings. The zero-order valence-electron chi connectivity index (χ0n) is 15.2. The summed E-state index contributed by atoms with van der Waals surface area (Å²) in [6.45, 7) is 4.62. The molecule has 0 radical (unpaired) electrons. The van der Waals surface area contributed by atoms with E-state index in [9.17, 15) is 0 Å². The zero-order chi connectivity index (χ0) is 18.3. The summed E-state index contributed by atoms with van der Waals surface area (Å²) in [5.74, 6) is 1.32. The monoisotopic (exact) mass is 354 g/mol. The number of benzene rings is 1. The van der Waals surface area contributed by atoms with Crippen molar-refractivity contribution >= 4 is 11.9 Å². The number of aliphatic imine (C=N–C) groups is 2. The standard InChI is InChI=1S/C19H23FN6/c1-12-10-21-13(2)18-23-17(24-26(12)18)9-15(20)19-22-16(11-25(19)3)14-7-5-4-6-8-14/h4-8,10,12-13,15,19H,9,11H2,1-3H3. The van der Waals surface area contributed by atoms with Crippen LogP contribution in [0.3, 0.4) is 0 Å². The lowest BCUT2D eigenvalue weighted by Crippen LogP contribution is -2.35. The van der Waals surface area contributed by atoms with Crippen molar-refractivity contribution < 1.29 is 4.39 Å². The minimum Gasteiger partial charge on any atom is -0.284 e. The summed E-state index contributed by atoms with van der Waals surface area (Å²) in [7, 11) is 1.90. The first kappa shape index (κ1) is 17.0. The van der Waals surface area contributed by atoms with Gasteiger partial charge in [0.2, 0.25) is 0 Å². The lowest BCUT2D eigenvalue weighted by Gasteiger charge is -2.20. The van der Waals surface area contributed by atoms with Crippen molar-refractivity contribution in [1.29, 1.82) is 0 Å². The summed E-state index contributed by atoms with van der Waals surface area (Å²) in [6, 6.07) is 9.95. The molecule has 3 heterocycles. The summed E-state index contributed by atoms with van der Waals surface area (Å²) in [6.07, 6.45) is 0.360. The number of hydrogen-bond donors (Lipinski definition) is 0. The van der Waals surface area contributed by atoms with Gasteiger partial charge in [0, 0.05) is 19.2 Å². The molecule has 0 amide bonds. The molecular weight excluding hydrogens is 331 g/mol. The summed E-state index contributed by atoms with van der Waals surface area (Å²) in [5.41, 5.74) is 1.97. The van der Waals surface area contributed by atoms with Crippen LogP contribution in [0.5, 0.6) is 0 Å². The molecule has 6 nitrogen and oxygen atoms in total. The Morgan fingerprint density at radius 2 is 2.00 bits per heavy atom. The maximum absolute atomic E-state index is 15.0. The summed E-state index contributed by atoms with van der Waals surface area (Å²) in [4.78, 5) is 15.5. The maximum atomic E-state index is 15.0. The number of alkyl halides is 1. The number of halogens is 1. The number of aromatic nitrogens is 3. The van der Waals surface area contributed by atoms with Crippen LogP contribution in [0.25, 0.3) is 0 Å². The second-order valence-corrected chi connectivity index (χ2v) is 7.04. The van der Waals surface area contributed by atoms with Gasteiger partial charge in [-0.15, -0.1) is 0 Å². The third-order valence-electron chi connectivity index (χ3n) is 4.93. The molecular formula is C19H23FN6. The molecule has 4 atom stereocenters. The van der Waals surface area contributed by atoms with Crippen LogP contribution in [-0.2, 0) is 6.42 Å². The molecule has 1 aromatic carbocycles. The molecule has 0 bridgehead atoms. The largest absolute Gasteiger partial charge is 0.284 e. The van der Waals surface area contributed by atoms with E-state index in [1.807, 2.05) is 67.0 Å². The molecule has 0 saturated carbocycles. The topological polar surface area (TPSA) is 58.7 Å².